The molecule has 2 heterocycles. The van der Waals surface area contributed by atoms with Crippen molar-refractivity contribution < 1.29 is 14.3 Å². The van der Waals surface area contributed by atoms with Crippen LogP contribution in [0.15, 0.2) is 77.9 Å². The number of benzene rings is 3. The Morgan fingerprint density at radius 2 is 1.82 bits per heavy atom. The third-order valence-corrected chi connectivity index (χ3v) is 5.49. The summed E-state index contributed by atoms with van der Waals surface area (Å²) in [5.74, 6) is -0.986. The van der Waals surface area contributed by atoms with E-state index in [1.807, 2.05) is 12.1 Å². The zero-order valence-electron chi connectivity index (χ0n) is 17.1. The van der Waals surface area contributed by atoms with Crippen LogP contribution in [0.4, 0.5) is 16.0 Å². The highest BCUT2D eigenvalue weighted by Crippen LogP contribution is 2.34. The van der Waals surface area contributed by atoms with Crippen LogP contribution in [0.2, 0.25) is 5.02 Å². The Balaban J connectivity index is 0.00000274. The molecule has 1 aliphatic heterocycles. The lowest BCUT2D eigenvalue weighted by molar-refractivity contribution is 0.0697. The Morgan fingerprint density at radius 3 is 2.56 bits per heavy atom. The summed E-state index contributed by atoms with van der Waals surface area (Å²) >= 11 is 6.30. The van der Waals surface area contributed by atoms with Gasteiger partial charge < -0.3 is 10.4 Å². The molecule has 0 saturated heterocycles. The number of carbonyl (C=O) groups is 1. The van der Waals surface area contributed by atoms with Crippen molar-refractivity contribution in [2.24, 2.45) is 4.99 Å². The van der Waals surface area contributed by atoms with E-state index < -0.39 is 5.97 Å². The molecule has 0 amide bonds. The van der Waals surface area contributed by atoms with Crippen molar-refractivity contribution in [2.45, 2.75) is 14.0 Å². The van der Waals surface area contributed by atoms with E-state index in [4.69, 9.17) is 26.7 Å². The van der Waals surface area contributed by atoms with E-state index in [1.54, 1.807) is 36.5 Å². The summed E-state index contributed by atoms with van der Waals surface area (Å²) in [4.78, 5) is 24.9. The number of aliphatic imine (C=N–C) groups is 1. The summed E-state index contributed by atoms with van der Waals surface area (Å²) in [6.07, 6.45) is 1.70. The summed E-state index contributed by atoms with van der Waals surface area (Å²) in [5, 5.41) is 12.7. The van der Waals surface area contributed by atoms with Crippen molar-refractivity contribution in [3.05, 3.63) is 106 Å². The van der Waals surface area contributed by atoms with Gasteiger partial charge in [0.1, 0.15) is 5.82 Å². The number of nitrogens with one attached hydrogen (secondary N) is 1. The van der Waals surface area contributed by atoms with Crippen molar-refractivity contribution in [1.82, 2.24) is 9.97 Å². The van der Waals surface area contributed by atoms with Gasteiger partial charge in [-0.1, -0.05) is 37.2 Å². The van der Waals surface area contributed by atoms with Crippen LogP contribution in [0, 0.1) is 5.82 Å². The first-order valence-corrected chi connectivity index (χ1v) is 10.4. The maximum atomic E-state index is 13.9. The predicted octanol–water partition coefficient (Wildman–Crippen LogP) is 6.37. The van der Waals surface area contributed by atoms with Crippen molar-refractivity contribution in [3.63, 3.8) is 0 Å². The molecule has 0 unspecified atom stereocenters. The van der Waals surface area contributed by atoms with Crippen molar-refractivity contribution in [1.29, 1.82) is 0 Å². The highest BCUT2D eigenvalue weighted by Gasteiger charge is 2.22. The molecule has 0 saturated carbocycles. The molecule has 1 aromatic heterocycles. The van der Waals surface area contributed by atoms with E-state index in [0.717, 1.165) is 16.7 Å². The number of nitrogens with zero attached hydrogens (tertiary/aromatic N) is 3. The Morgan fingerprint density at radius 1 is 1.03 bits per heavy atom. The Hall–Kier alpha value is -4.10. The normalized spacial score (nSPS) is 11.9. The van der Waals surface area contributed by atoms with Crippen LogP contribution in [0.1, 0.15) is 34.5 Å². The molecule has 1 aliphatic rings. The highest BCUT2D eigenvalue weighted by atomic mass is 35.5. The summed E-state index contributed by atoms with van der Waals surface area (Å²) in [7, 11) is 0. The number of aromatic carboxylic acids is 1. The molecule has 3 aromatic carbocycles. The molecular weight excluding hydrogens is 455 g/mol. The molecule has 5 rings (SSSR count). The third-order valence-electron chi connectivity index (χ3n) is 5.25. The van der Waals surface area contributed by atoms with E-state index in [2.05, 4.69) is 10.3 Å². The zero-order chi connectivity index (χ0) is 22.9. The zero-order valence-corrected chi connectivity index (χ0v) is 17.8. The quantitative estimate of drug-likeness (QED) is 0.359. The van der Waals surface area contributed by atoms with Gasteiger partial charge in [0, 0.05) is 39.2 Å². The number of halogens is 2. The fraction of sp³-hybridized carbons (Fsp3) is 0.0769. The molecular formula is C26H20ClFN4O2. The number of carboxylic acids is 1. The van der Waals surface area contributed by atoms with Gasteiger partial charge in [-0.05, 0) is 48.5 Å². The van der Waals surface area contributed by atoms with E-state index in [-0.39, 0.29) is 18.8 Å². The van der Waals surface area contributed by atoms with Gasteiger partial charge in [0.2, 0.25) is 5.95 Å². The van der Waals surface area contributed by atoms with Gasteiger partial charge in [-0.3, -0.25) is 4.99 Å². The highest BCUT2D eigenvalue weighted by molar-refractivity contribution is 6.31. The Kier molecular flexibility index (Phi) is 6.38. The lowest BCUT2D eigenvalue weighted by Gasteiger charge is -2.13. The van der Waals surface area contributed by atoms with Crippen molar-refractivity contribution in [3.8, 4) is 11.3 Å². The topological polar surface area (TPSA) is 87.5 Å². The number of rotatable bonds is 4. The molecule has 4 aromatic rings. The lowest BCUT2D eigenvalue weighted by atomic mass is 9.95. The molecule has 2 N–H and O–H groups in total. The number of fused-ring (bicyclic) bond motifs is 3. The molecule has 6 nitrogen and oxygen atoms in total. The minimum absolute atomic E-state index is 0. The van der Waals surface area contributed by atoms with Gasteiger partial charge in [0.25, 0.3) is 0 Å². The van der Waals surface area contributed by atoms with Gasteiger partial charge in [0.05, 0.1) is 23.5 Å². The summed E-state index contributed by atoms with van der Waals surface area (Å²) in [5.41, 5.74) is 5.19. The smallest absolute Gasteiger partial charge is 0.335 e. The van der Waals surface area contributed by atoms with Crippen molar-refractivity contribution >= 4 is 34.9 Å². The number of carboxylic acid groups (broad SMARTS) is 1. The van der Waals surface area contributed by atoms with Gasteiger partial charge in [-0.25, -0.2) is 19.2 Å². The van der Waals surface area contributed by atoms with Crippen LogP contribution >= 0.6 is 11.6 Å². The first kappa shape index (κ1) is 23.1. The fourth-order valence-corrected chi connectivity index (χ4v) is 3.86. The molecule has 8 heteroatoms. The van der Waals surface area contributed by atoms with Crippen LogP contribution in [0.3, 0.4) is 0 Å². The van der Waals surface area contributed by atoms with E-state index in [1.165, 1.54) is 24.3 Å². The third kappa shape index (κ3) is 4.51. The van der Waals surface area contributed by atoms with Crippen molar-refractivity contribution in [2.75, 3.05) is 5.32 Å². The monoisotopic (exact) mass is 474 g/mol. The summed E-state index contributed by atoms with van der Waals surface area (Å²) in [6, 6.07) is 18.0. The van der Waals surface area contributed by atoms with Gasteiger partial charge in [0.15, 0.2) is 0 Å². The van der Waals surface area contributed by atoms with Crippen LogP contribution in [0.25, 0.3) is 11.3 Å². The summed E-state index contributed by atoms with van der Waals surface area (Å²) in [6.45, 7) is 0.321. The number of aromatic nitrogens is 2. The minimum atomic E-state index is -0.993. The van der Waals surface area contributed by atoms with E-state index >= 15 is 0 Å². The van der Waals surface area contributed by atoms with Crippen LogP contribution in [-0.2, 0) is 6.54 Å². The van der Waals surface area contributed by atoms with E-state index in [0.29, 0.717) is 40.2 Å². The van der Waals surface area contributed by atoms with Gasteiger partial charge in [-0.2, -0.15) is 0 Å². The molecule has 0 fully saturated rings. The van der Waals surface area contributed by atoms with Crippen LogP contribution < -0.4 is 5.32 Å². The second-order valence-corrected chi connectivity index (χ2v) is 7.88. The SMILES string of the molecule is C.O=C(O)c1ccc(Nc2ncc3c(n2)-c2ccc(Cl)cc2C(c2cccc(F)c2)=NC3)cc1. The summed E-state index contributed by atoms with van der Waals surface area (Å²) < 4.78 is 13.9. The molecule has 0 bridgehead atoms. The van der Waals surface area contributed by atoms with E-state index in [9.17, 15) is 9.18 Å². The molecule has 0 aliphatic carbocycles. The first-order valence-electron chi connectivity index (χ1n) is 10.0. The number of anilines is 2. The molecule has 0 atom stereocenters. The largest absolute Gasteiger partial charge is 0.478 e. The average molecular weight is 475 g/mol. The fourth-order valence-electron chi connectivity index (χ4n) is 3.69. The predicted molar refractivity (Wildman–Crippen MR) is 132 cm³/mol. The van der Waals surface area contributed by atoms with Gasteiger partial charge in [-0.15, -0.1) is 0 Å². The molecule has 34 heavy (non-hydrogen) atoms. The maximum absolute atomic E-state index is 13.9. The lowest BCUT2D eigenvalue weighted by Crippen LogP contribution is -2.05. The Bertz CT molecular complexity index is 1420. The molecule has 0 radical (unpaired) electrons. The molecule has 170 valence electrons. The standard InChI is InChI=1S/C25H16ClFN4O2.CH4/c26-17-6-9-20-21(11-17)22(15-2-1-3-18(27)10-15)28-12-16-13-29-25(31-23(16)20)30-19-7-4-14(5-8-19)24(32)33;/h1-11,13H,12H2,(H,32,33)(H,29,30,31);1H4. The number of hydrogen-bond acceptors (Lipinski definition) is 5. The minimum Gasteiger partial charge on any atom is -0.478 e. The maximum Gasteiger partial charge on any atom is 0.335 e. The second-order valence-electron chi connectivity index (χ2n) is 7.44. The second kappa shape index (κ2) is 9.41. The average Bonchev–Trinajstić information content (AvgIpc) is 2.96. The van der Waals surface area contributed by atoms with Crippen LogP contribution in [-0.4, -0.2) is 26.8 Å². The Labute approximate surface area is 200 Å². The first-order chi connectivity index (χ1) is 16.0. The van der Waals surface area contributed by atoms with Crippen LogP contribution in [0.5, 0.6) is 0 Å². The molecule has 0 spiro atoms. The van der Waals surface area contributed by atoms with Gasteiger partial charge >= 0.3 is 5.97 Å². The number of hydrogen-bond donors (Lipinski definition) is 2.